The van der Waals surface area contributed by atoms with Crippen LogP contribution in [0, 0.1) is 6.92 Å². The smallest absolute Gasteiger partial charge is 0.193 e. The summed E-state index contributed by atoms with van der Waals surface area (Å²) in [4.78, 5) is 10.7. The van der Waals surface area contributed by atoms with Gasteiger partial charge in [0.15, 0.2) is 5.96 Å². The fraction of sp³-hybridized carbons (Fsp3) is 0.333. The second kappa shape index (κ2) is 9.13. The minimum absolute atomic E-state index is 0.542. The number of guanidine groups is 1. The molecule has 24 heavy (non-hydrogen) atoms. The molecule has 128 valence electrons. The van der Waals surface area contributed by atoms with Gasteiger partial charge in [-0.05, 0) is 36.8 Å². The lowest BCUT2D eigenvalue weighted by atomic mass is 10.2. The van der Waals surface area contributed by atoms with Crippen molar-refractivity contribution in [2.24, 2.45) is 4.99 Å². The zero-order valence-corrected chi connectivity index (χ0v) is 15.0. The van der Waals surface area contributed by atoms with Crippen LogP contribution in [-0.4, -0.2) is 43.1 Å². The van der Waals surface area contributed by atoms with E-state index in [1.54, 1.807) is 19.3 Å². The molecule has 0 spiro atoms. The van der Waals surface area contributed by atoms with Crippen molar-refractivity contribution in [2.45, 2.75) is 13.5 Å². The van der Waals surface area contributed by atoms with Crippen molar-refractivity contribution in [3.8, 4) is 5.75 Å². The third-order valence-electron chi connectivity index (χ3n) is 3.60. The van der Waals surface area contributed by atoms with E-state index in [2.05, 4.69) is 28.3 Å². The monoisotopic (exact) mass is 346 g/mol. The molecular formula is C18H23ClN4O. The first-order valence-electron chi connectivity index (χ1n) is 7.81. The third kappa shape index (κ3) is 5.42. The summed E-state index contributed by atoms with van der Waals surface area (Å²) < 4.78 is 5.71. The van der Waals surface area contributed by atoms with Gasteiger partial charge in [0.05, 0.1) is 18.8 Å². The Labute approximate surface area is 148 Å². The van der Waals surface area contributed by atoms with Crippen LogP contribution in [0.5, 0.6) is 5.75 Å². The number of ether oxygens (including phenoxy) is 1. The number of hydrogen-bond donors (Lipinski definition) is 1. The highest BCUT2D eigenvalue weighted by atomic mass is 35.5. The summed E-state index contributed by atoms with van der Waals surface area (Å²) in [6, 6.07) is 11.4. The van der Waals surface area contributed by atoms with Crippen LogP contribution in [0.1, 0.15) is 11.3 Å². The first-order valence-corrected chi connectivity index (χ1v) is 8.18. The zero-order valence-electron chi connectivity index (χ0n) is 14.3. The second-order valence-electron chi connectivity index (χ2n) is 5.40. The molecule has 0 unspecified atom stereocenters. The molecule has 1 N–H and O–H groups in total. The highest BCUT2D eigenvalue weighted by Gasteiger charge is 2.07. The quantitative estimate of drug-likeness (QED) is 0.645. The van der Waals surface area contributed by atoms with Crippen molar-refractivity contribution < 1.29 is 4.74 Å². The van der Waals surface area contributed by atoms with Gasteiger partial charge in [-0.15, -0.1) is 0 Å². The number of aliphatic imine (C=N–C) groups is 1. The molecule has 0 amide bonds. The molecule has 0 aliphatic heterocycles. The summed E-state index contributed by atoms with van der Waals surface area (Å²) in [6.45, 7) is 3.93. The maximum atomic E-state index is 5.95. The molecule has 0 atom stereocenters. The molecule has 2 aromatic rings. The van der Waals surface area contributed by atoms with Gasteiger partial charge in [0.2, 0.25) is 0 Å². The topological polar surface area (TPSA) is 49.8 Å². The van der Waals surface area contributed by atoms with E-state index in [1.807, 2.05) is 36.2 Å². The number of aryl methyl sites for hydroxylation is 1. The predicted octanol–water partition coefficient (Wildman–Crippen LogP) is 3.13. The fourth-order valence-corrected chi connectivity index (χ4v) is 2.39. The Balaban J connectivity index is 1.81. The molecule has 0 bridgehead atoms. The molecule has 0 radical (unpaired) electrons. The molecule has 1 heterocycles. The Bertz CT molecular complexity index is 690. The largest absolute Gasteiger partial charge is 0.492 e. The number of nitrogens with zero attached hydrogens (tertiary/aromatic N) is 3. The number of likely N-dealkylation sites (N-methyl/N-ethyl adjacent to an activating group) is 1. The number of hydrogen-bond acceptors (Lipinski definition) is 3. The average molecular weight is 347 g/mol. The van der Waals surface area contributed by atoms with E-state index in [0.29, 0.717) is 24.7 Å². The molecule has 0 aliphatic rings. The van der Waals surface area contributed by atoms with E-state index in [1.165, 1.54) is 0 Å². The van der Waals surface area contributed by atoms with Crippen LogP contribution in [0.25, 0.3) is 0 Å². The molecule has 0 fully saturated rings. The maximum absolute atomic E-state index is 5.95. The van der Waals surface area contributed by atoms with Crippen molar-refractivity contribution >= 4 is 17.6 Å². The summed E-state index contributed by atoms with van der Waals surface area (Å²) in [6.07, 6.45) is 1.80. The highest BCUT2D eigenvalue weighted by Crippen LogP contribution is 2.16. The van der Waals surface area contributed by atoms with E-state index in [0.717, 1.165) is 23.0 Å². The van der Waals surface area contributed by atoms with Gasteiger partial charge >= 0.3 is 0 Å². The SMILES string of the molecule is CN=C(NCc1ncccc1C)N(C)CCOc1cccc(Cl)c1. The lowest BCUT2D eigenvalue weighted by molar-refractivity contribution is 0.281. The molecule has 2 rings (SSSR count). The predicted molar refractivity (Wildman–Crippen MR) is 98.7 cm³/mol. The Morgan fingerprint density at radius 1 is 1.33 bits per heavy atom. The van der Waals surface area contributed by atoms with Gasteiger partial charge in [-0.2, -0.15) is 0 Å². The lowest BCUT2D eigenvalue weighted by Crippen LogP contribution is -2.40. The Kier molecular flexibility index (Phi) is 6.88. The number of pyridine rings is 1. The van der Waals surface area contributed by atoms with Crippen molar-refractivity contribution in [3.63, 3.8) is 0 Å². The maximum Gasteiger partial charge on any atom is 0.193 e. The van der Waals surface area contributed by atoms with Gasteiger partial charge in [-0.1, -0.05) is 23.7 Å². The zero-order chi connectivity index (χ0) is 17.4. The van der Waals surface area contributed by atoms with Gasteiger partial charge in [-0.3, -0.25) is 9.98 Å². The van der Waals surface area contributed by atoms with Crippen LogP contribution < -0.4 is 10.1 Å². The van der Waals surface area contributed by atoms with Gasteiger partial charge in [0, 0.05) is 25.3 Å². The molecule has 1 aromatic carbocycles. The number of benzene rings is 1. The lowest BCUT2D eigenvalue weighted by Gasteiger charge is -2.22. The van der Waals surface area contributed by atoms with Crippen molar-refractivity contribution in [2.75, 3.05) is 27.2 Å². The van der Waals surface area contributed by atoms with Gasteiger partial charge in [0.25, 0.3) is 0 Å². The molecule has 0 saturated carbocycles. The van der Waals surface area contributed by atoms with Crippen LogP contribution in [-0.2, 0) is 6.54 Å². The first-order chi connectivity index (χ1) is 11.6. The van der Waals surface area contributed by atoms with Crippen molar-refractivity contribution in [1.29, 1.82) is 0 Å². The Morgan fingerprint density at radius 3 is 2.88 bits per heavy atom. The van der Waals surface area contributed by atoms with E-state index in [-0.39, 0.29) is 0 Å². The fourth-order valence-electron chi connectivity index (χ4n) is 2.21. The Morgan fingerprint density at radius 2 is 2.17 bits per heavy atom. The normalized spacial score (nSPS) is 11.2. The Hall–Kier alpha value is -2.27. The van der Waals surface area contributed by atoms with Crippen molar-refractivity contribution in [3.05, 3.63) is 58.9 Å². The summed E-state index contributed by atoms with van der Waals surface area (Å²) in [5.41, 5.74) is 2.18. The molecule has 0 saturated heterocycles. The average Bonchev–Trinajstić information content (AvgIpc) is 2.57. The third-order valence-corrected chi connectivity index (χ3v) is 3.83. The number of rotatable bonds is 6. The number of nitrogens with one attached hydrogen (secondary N) is 1. The van der Waals surface area contributed by atoms with Gasteiger partial charge in [0.1, 0.15) is 12.4 Å². The minimum atomic E-state index is 0.542. The van der Waals surface area contributed by atoms with Gasteiger partial charge < -0.3 is 15.0 Å². The standard InChI is InChI=1S/C18H23ClN4O/c1-14-6-5-9-21-17(14)13-22-18(20-2)23(3)10-11-24-16-8-4-7-15(19)12-16/h4-9,12H,10-11,13H2,1-3H3,(H,20,22). The van der Waals surface area contributed by atoms with E-state index in [4.69, 9.17) is 16.3 Å². The summed E-state index contributed by atoms with van der Waals surface area (Å²) in [5.74, 6) is 1.57. The van der Waals surface area contributed by atoms with Crippen LogP contribution in [0.3, 0.4) is 0 Å². The molecule has 5 nitrogen and oxygen atoms in total. The summed E-state index contributed by atoms with van der Waals surface area (Å²) in [7, 11) is 3.74. The molecule has 1 aromatic heterocycles. The van der Waals surface area contributed by atoms with Crippen molar-refractivity contribution in [1.82, 2.24) is 15.2 Å². The summed E-state index contributed by atoms with van der Waals surface area (Å²) >= 11 is 5.95. The molecule has 0 aliphatic carbocycles. The van der Waals surface area contributed by atoms with Crippen LogP contribution >= 0.6 is 11.6 Å². The first kappa shape index (κ1) is 18.1. The van der Waals surface area contributed by atoms with Gasteiger partial charge in [-0.25, -0.2) is 0 Å². The minimum Gasteiger partial charge on any atom is -0.492 e. The van der Waals surface area contributed by atoms with E-state index < -0.39 is 0 Å². The van der Waals surface area contributed by atoms with Crippen LogP contribution in [0.4, 0.5) is 0 Å². The van der Waals surface area contributed by atoms with E-state index >= 15 is 0 Å². The highest BCUT2D eigenvalue weighted by molar-refractivity contribution is 6.30. The molecular weight excluding hydrogens is 324 g/mol. The number of halogens is 1. The van der Waals surface area contributed by atoms with E-state index in [9.17, 15) is 0 Å². The summed E-state index contributed by atoms with van der Waals surface area (Å²) in [5, 5.41) is 3.99. The second-order valence-corrected chi connectivity index (χ2v) is 5.83. The number of aromatic nitrogens is 1. The molecule has 6 heteroatoms. The van der Waals surface area contributed by atoms with Crippen LogP contribution in [0.15, 0.2) is 47.6 Å². The van der Waals surface area contributed by atoms with Crippen LogP contribution in [0.2, 0.25) is 5.02 Å².